The Bertz CT molecular complexity index is 767. The molecule has 2 aliphatic carbocycles. The van der Waals surface area contributed by atoms with Gasteiger partial charge in [0.25, 0.3) is 5.91 Å². The molecule has 1 heterocycles. The number of hydrogen-bond donors (Lipinski definition) is 0. The number of amides is 3. The first-order valence-electron chi connectivity index (χ1n) is 11.0. The van der Waals surface area contributed by atoms with Crippen molar-refractivity contribution in [1.29, 1.82) is 0 Å². The molecule has 29 heavy (non-hydrogen) atoms. The fourth-order valence-corrected chi connectivity index (χ4v) is 5.56. The van der Waals surface area contributed by atoms with Gasteiger partial charge in [0.1, 0.15) is 6.04 Å². The lowest BCUT2D eigenvalue weighted by molar-refractivity contribution is -0.146. The minimum atomic E-state index is -0.640. The van der Waals surface area contributed by atoms with E-state index in [0.29, 0.717) is 5.69 Å². The number of carbonyl (C=O) groups is 3. The van der Waals surface area contributed by atoms with Crippen molar-refractivity contribution in [2.24, 2.45) is 5.92 Å². The summed E-state index contributed by atoms with van der Waals surface area (Å²) in [4.78, 5) is 42.9. The van der Waals surface area contributed by atoms with Crippen molar-refractivity contribution in [1.82, 2.24) is 4.90 Å². The standard InChI is InChI=1S/C23H29IN2O3/c24-17-11-13-19(14-12-17)26-21(27)15-20(23(26)29)25(18-9-5-2-6-10-18)22(28)16-7-3-1-4-8-16/h11-14,16,18,20H,1-10,15H2. The molecule has 1 atom stereocenters. The van der Waals surface area contributed by atoms with Crippen LogP contribution in [0.15, 0.2) is 24.3 Å². The average Bonchev–Trinajstić information content (AvgIpc) is 3.04. The number of rotatable bonds is 4. The van der Waals surface area contributed by atoms with E-state index in [4.69, 9.17) is 0 Å². The molecule has 1 unspecified atom stereocenters. The Hall–Kier alpha value is -1.44. The van der Waals surface area contributed by atoms with Crippen LogP contribution >= 0.6 is 22.6 Å². The lowest BCUT2D eigenvalue weighted by atomic mass is 9.86. The molecule has 0 spiro atoms. The van der Waals surface area contributed by atoms with Crippen LogP contribution in [0.4, 0.5) is 5.69 Å². The van der Waals surface area contributed by atoms with Crippen molar-refractivity contribution in [3.63, 3.8) is 0 Å². The smallest absolute Gasteiger partial charge is 0.257 e. The Morgan fingerprint density at radius 2 is 1.48 bits per heavy atom. The summed E-state index contributed by atoms with van der Waals surface area (Å²) in [5.41, 5.74) is 0.608. The summed E-state index contributed by atoms with van der Waals surface area (Å²) in [5.74, 6) is -0.294. The van der Waals surface area contributed by atoms with Crippen molar-refractivity contribution in [2.45, 2.75) is 82.7 Å². The number of benzene rings is 1. The van der Waals surface area contributed by atoms with E-state index in [1.807, 2.05) is 29.2 Å². The van der Waals surface area contributed by atoms with E-state index in [0.717, 1.165) is 54.9 Å². The van der Waals surface area contributed by atoms with Crippen molar-refractivity contribution >= 4 is 46.0 Å². The first-order valence-corrected chi connectivity index (χ1v) is 12.1. The molecule has 6 heteroatoms. The zero-order valence-electron chi connectivity index (χ0n) is 16.8. The van der Waals surface area contributed by atoms with Crippen molar-refractivity contribution in [3.05, 3.63) is 27.8 Å². The van der Waals surface area contributed by atoms with Gasteiger partial charge in [0.15, 0.2) is 0 Å². The molecule has 3 amide bonds. The predicted molar refractivity (Wildman–Crippen MR) is 120 cm³/mol. The zero-order chi connectivity index (χ0) is 20.4. The Balaban J connectivity index is 1.61. The first-order chi connectivity index (χ1) is 14.1. The van der Waals surface area contributed by atoms with Crippen LogP contribution in [0, 0.1) is 9.49 Å². The molecule has 0 radical (unpaired) electrons. The number of hydrogen-bond acceptors (Lipinski definition) is 3. The van der Waals surface area contributed by atoms with Crippen molar-refractivity contribution in [3.8, 4) is 0 Å². The second kappa shape index (κ2) is 9.14. The van der Waals surface area contributed by atoms with Gasteiger partial charge in [-0.2, -0.15) is 0 Å². The van der Waals surface area contributed by atoms with Gasteiger partial charge in [-0.3, -0.25) is 14.4 Å². The molecule has 1 aliphatic heterocycles. The molecule has 156 valence electrons. The minimum absolute atomic E-state index is 0.0148. The molecule has 0 aromatic heterocycles. The molecule has 1 aromatic carbocycles. The van der Waals surface area contributed by atoms with E-state index in [1.165, 1.54) is 17.7 Å². The lowest BCUT2D eigenvalue weighted by Gasteiger charge is -2.40. The summed E-state index contributed by atoms with van der Waals surface area (Å²) >= 11 is 2.21. The number of imide groups is 1. The van der Waals surface area contributed by atoms with Gasteiger partial charge in [-0.1, -0.05) is 38.5 Å². The van der Waals surface area contributed by atoms with Crippen LogP contribution in [0.3, 0.4) is 0 Å². The average molecular weight is 508 g/mol. The van der Waals surface area contributed by atoms with Crippen LogP contribution in [0.5, 0.6) is 0 Å². The molecule has 5 nitrogen and oxygen atoms in total. The highest BCUT2D eigenvalue weighted by Crippen LogP contribution is 2.34. The third-order valence-electron chi connectivity index (χ3n) is 6.72. The monoisotopic (exact) mass is 508 g/mol. The van der Waals surface area contributed by atoms with Gasteiger partial charge in [-0.15, -0.1) is 0 Å². The molecule has 4 rings (SSSR count). The minimum Gasteiger partial charge on any atom is -0.327 e. The van der Waals surface area contributed by atoms with Crippen LogP contribution in [0.25, 0.3) is 0 Å². The summed E-state index contributed by atoms with van der Waals surface area (Å²) in [5, 5.41) is 0. The summed E-state index contributed by atoms with van der Waals surface area (Å²) in [6.07, 6.45) is 10.6. The number of anilines is 1. The number of halogens is 1. The second-order valence-corrected chi connectivity index (χ2v) is 9.88. The quantitative estimate of drug-likeness (QED) is 0.439. The molecule has 1 saturated heterocycles. The molecular weight excluding hydrogens is 479 g/mol. The first kappa shape index (κ1) is 20.8. The molecule has 3 fully saturated rings. The van der Waals surface area contributed by atoms with Crippen LogP contribution < -0.4 is 4.90 Å². The van der Waals surface area contributed by atoms with E-state index < -0.39 is 6.04 Å². The SMILES string of the molecule is O=C1CC(N(C(=O)C2CCCCC2)C2CCCCC2)C(=O)N1c1ccc(I)cc1. The maximum atomic E-state index is 13.6. The van der Waals surface area contributed by atoms with E-state index in [1.54, 1.807) is 0 Å². The molecule has 3 aliphatic rings. The molecule has 2 saturated carbocycles. The van der Waals surface area contributed by atoms with Crippen molar-refractivity contribution in [2.75, 3.05) is 4.90 Å². The van der Waals surface area contributed by atoms with Gasteiger partial charge in [-0.05, 0) is 72.5 Å². The summed E-state index contributed by atoms with van der Waals surface area (Å²) in [6, 6.07) is 6.88. The third kappa shape index (κ3) is 4.37. The highest BCUT2D eigenvalue weighted by molar-refractivity contribution is 14.1. The molecular formula is C23H29IN2O3. The third-order valence-corrected chi connectivity index (χ3v) is 7.44. The Kier molecular flexibility index (Phi) is 6.56. The summed E-state index contributed by atoms with van der Waals surface area (Å²) < 4.78 is 1.05. The maximum Gasteiger partial charge on any atom is 0.257 e. The van der Waals surface area contributed by atoms with Gasteiger partial charge in [-0.25, -0.2) is 4.90 Å². The van der Waals surface area contributed by atoms with E-state index in [-0.39, 0.29) is 36.1 Å². The largest absolute Gasteiger partial charge is 0.327 e. The van der Waals surface area contributed by atoms with Crippen LogP contribution in [0.1, 0.15) is 70.6 Å². The fraction of sp³-hybridized carbons (Fsp3) is 0.609. The van der Waals surface area contributed by atoms with Crippen LogP contribution in [-0.2, 0) is 14.4 Å². The molecule has 0 bridgehead atoms. The van der Waals surface area contributed by atoms with Crippen molar-refractivity contribution < 1.29 is 14.4 Å². The highest BCUT2D eigenvalue weighted by Gasteiger charge is 2.47. The molecule has 1 aromatic rings. The van der Waals surface area contributed by atoms with Gasteiger partial charge >= 0.3 is 0 Å². The maximum absolute atomic E-state index is 13.6. The fourth-order valence-electron chi connectivity index (χ4n) is 5.20. The van der Waals surface area contributed by atoms with Crippen LogP contribution in [0.2, 0.25) is 0 Å². The normalized spacial score (nSPS) is 24.2. The Morgan fingerprint density at radius 1 is 0.897 bits per heavy atom. The van der Waals surface area contributed by atoms with Gasteiger partial charge in [0.2, 0.25) is 11.8 Å². The summed E-state index contributed by atoms with van der Waals surface area (Å²) in [7, 11) is 0. The second-order valence-electron chi connectivity index (χ2n) is 8.64. The topological polar surface area (TPSA) is 57.7 Å². The predicted octanol–water partition coefficient (Wildman–Crippen LogP) is 4.66. The zero-order valence-corrected chi connectivity index (χ0v) is 19.0. The number of nitrogens with zero attached hydrogens (tertiary/aromatic N) is 2. The lowest BCUT2D eigenvalue weighted by Crippen LogP contribution is -2.53. The van der Waals surface area contributed by atoms with E-state index >= 15 is 0 Å². The molecule has 0 N–H and O–H groups in total. The number of carbonyl (C=O) groups excluding carboxylic acids is 3. The highest BCUT2D eigenvalue weighted by atomic mass is 127. The van der Waals surface area contributed by atoms with E-state index in [2.05, 4.69) is 22.6 Å². The van der Waals surface area contributed by atoms with Gasteiger partial charge < -0.3 is 4.90 Å². The van der Waals surface area contributed by atoms with Gasteiger partial charge in [0, 0.05) is 15.5 Å². The Labute approximate surface area is 186 Å². The van der Waals surface area contributed by atoms with E-state index in [9.17, 15) is 14.4 Å². The van der Waals surface area contributed by atoms with Gasteiger partial charge in [0.05, 0.1) is 12.1 Å². The van der Waals surface area contributed by atoms with Crippen LogP contribution in [-0.4, -0.2) is 34.7 Å². The Morgan fingerprint density at radius 3 is 2.10 bits per heavy atom. The summed E-state index contributed by atoms with van der Waals surface area (Å²) in [6.45, 7) is 0.